The Kier molecular flexibility index (Phi) is 6.54. The van der Waals surface area contributed by atoms with Gasteiger partial charge in [0.25, 0.3) is 0 Å². The minimum absolute atomic E-state index is 0.0204. The van der Waals surface area contributed by atoms with Gasteiger partial charge in [-0.25, -0.2) is 4.98 Å². The van der Waals surface area contributed by atoms with Gasteiger partial charge in [0.05, 0.1) is 11.4 Å². The van der Waals surface area contributed by atoms with Gasteiger partial charge in [-0.2, -0.15) is 0 Å². The maximum Gasteiger partial charge on any atom is 0.0715 e. The number of nitrogens with zero attached hydrogens (tertiary/aromatic N) is 1. The third-order valence-corrected chi connectivity index (χ3v) is 9.30. The summed E-state index contributed by atoms with van der Waals surface area (Å²) >= 11 is 0. The number of hydrogen-bond acceptors (Lipinski definition) is 1. The maximum atomic E-state index is 5.05. The van der Waals surface area contributed by atoms with Crippen LogP contribution in [0, 0.1) is 0 Å². The Morgan fingerprint density at radius 3 is 1.44 bits per heavy atom. The summed E-state index contributed by atoms with van der Waals surface area (Å²) < 4.78 is 0. The van der Waals surface area contributed by atoms with E-state index in [0.29, 0.717) is 0 Å². The maximum absolute atomic E-state index is 5.05. The Morgan fingerprint density at radius 2 is 0.800 bits per heavy atom. The van der Waals surface area contributed by atoms with E-state index in [9.17, 15) is 0 Å². The summed E-state index contributed by atoms with van der Waals surface area (Å²) in [6.07, 6.45) is 0. The molecule has 0 fully saturated rings. The van der Waals surface area contributed by atoms with Crippen LogP contribution < -0.4 is 0 Å². The van der Waals surface area contributed by atoms with Crippen molar-refractivity contribution in [2.75, 3.05) is 0 Å². The minimum Gasteiger partial charge on any atom is -0.248 e. The molecule has 0 aliphatic heterocycles. The summed E-state index contributed by atoms with van der Waals surface area (Å²) in [6, 6.07) is 58.9. The predicted octanol–water partition coefficient (Wildman–Crippen LogP) is 11.7. The fourth-order valence-corrected chi connectivity index (χ4v) is 6.84. The van der Waals surface area contributed by atoms with Crippen LogP contribution in [0.25, 0.3) is 67.0 Å². The first-order valence-electron chi connectivity index (χ1n) is 15.6. The van der Waals surface area contributed by atoms with Gasteiger partial charge in [0, 0.05) is 16.5 Å². The number of benzene rings is 6. The molecule has 0 N–H and O–H groups in total. The van der Waals surface area contributed by atoms with Gasteiger partial charge in [0.2, 0.25) is 0 Å². The third kappa shape index (κ3) is 4.87. The molecule has 214 valence electrons. The first kappa shape index (κ1) is 27.0. The van der Waals surface area contributed by atoms with Crippen LogP contribution in [0.4, 0.5) is 0 Å². The van der Waals surface area contributed by atoms with Crippen LogP contribution in [-0.4, -0.2) is 4.98 Å². The molecule has 0 atom stereocenters. The zero-order valence-electron chi connectivity index (χ0n) is 25.5. The molecule has 0 radical (unpaired) electrons. The fraction of sp³-hybridized carbons (Fsp3) is 0.0682. The Morgan fingerprint density at radius 1 is 0.333 bits per heavy atom. The minimum atomic E-state index is 0.0204. The molecule has 0 unspecified atom stereocenters. The normalized spacial score (nSPS) is 12.8. The van der Waals surface area contributed by atoms with E-state index in [-0.39, 0.29) is 5.41 Å². The highest BCUT2D eigenvalue weighted by Gasteiger charge is 2.35. The van der Waals surface area contributed by atoms with E-state index in [4.69, 9.17) is 4.98 Å². The van der Waals surface area contributed by atoms with Crippen molar-refractivity contribution in [1.82, 2.24) is 4.98 Å². The second-order valence-corrected chi connectivity index (χ2v) is 12.4. The van der Waals surface area contributed by atoms with E-state index in [1.54, 1.807) is 0 Å². The van der Waals surface area contributed by atoms with E-state index in [0.717, 1.165) is 28.1 Å². The van der Waals surface area contributed by atoms with Crippen LogP contribution in [0.3, 0.4) is 0 Å². The van der Waals surface area contributed by atoms with E-state index in [1.165, 1.54) is 50.1 Å². The van der Waals surface area contributed by atoms with Gasteiger partial charge >= 0.3 is 0 Å². The summed E-state index contributed by atoms with van der Waals surface area (Å²) in [6.45, 7) is 4.66. The summed E-state index contributed by atoms with van der Waals surface area (Å²) in [5.74, 6) is 0. The molecule has 6 aromatic carbocycles. The fourth-order valence-electron chi connectivity index (χ4n) is 6.84. The Bertz CT molecular complexity index is 2100. The van der Waals surface area contributed by atoms with Crippen molar-refractivity contribution in [1.29, 1.82) is 0 Å². The molecule has 1 aliphatic carbocycles. The Hall–Kier alpha value is -5.53. The van der Waals surface area contributed by atoms with Crippen molar-refractivity contribution < 1.29 is 0 Å². The molecule has 1 heteroatoms. The SMILES string of the molecule is CC1(C)c2ccccc2-c2cc(-c3cccc(-c4ccc(-c5cc(-c6ccccc6)nc(-c6ccccc6)c5)cc4)c3)ccc21. The topological polar surface area (TPSA) is 12.9 Å². The van der Waals surface area contributed by atoms with Crippen molar-refractivity contribution in [2.45, 2.75) is 19.3 Å². The average molecular weight is 576 g/mol. The van der Waals surface area contributed by atoms with Crippen molar-refractivity contribution in [3.63, 3.8) is 0 Å². The first-order chi connectivity index (χ1) is 22.0. The van der Waals surface area contributed by atoms with Crippen LogP contribution in [0.5, 0.6) is 0 Å². The zero-order chi connectivity index (χ0) is 30.4. The largest absolute Gasteiger partial charge is 0.248 e. The molecule has 0 spiro atoms. The number of aromatic nitrogens is 1. The molecule has 1 nitrogen and oxygen atoms in total. The summed E-state index contributed by atoms with van der Waals surface area (Å²) in [4.78, 5) is 5.05. The quantitative estimate of drug-likeness (QED) is 0.199. The zero-order valence-corrected chi connectivity index (χ0v) is 25.5. The van der Waals surface area contributed by atoms with E-state index < -0.39 is 0 Å². The number of rotatable bonds is 5. The van der Waals surface area contributed by atoms with Crippen molar-refractivity contribution >= 4 is 0 Å². The highest BCUT2D eigenvalue weighted by atomic mass is 14.7. The monoisotopic (exact) mass is 575 g/mol. The van der Waals surface area contributed by atoms with Crippen LogP contribution in [0.2, 0.25) is 0 Å². The van der Waals surface area contributed by atoms with E-state index in [2.05, 4.69) is 166 Å². The highest BCUT2D eigenvalue weighted by molar-refractivity contribution is 5.85. The van der Waals surface area contributed by atoms with Gasteiger partial charge in [0.1, 0.15) is 0 Å². The lowest BCUT2D eigenvalue weighted by atomic mass is 9.82. The van der Waals surface area contributed by atoms with Gasteiger partial charge in [-0.15, -0.1) is 0 Å². The average Bonchev–Trinajstić information content (AvgIpc) is 3.34. The summed E-state index contributed by atoms with van der Waals surface area (Å²) in [5, 5.41) is 0. The van der Waals surface area contributed by atoms with E-state index in [1.807, 2.05) is 12.1 Å². The van der Waals surface area contributed by atoms with Crippen LogP contribution in [0.15, 0.2) is 164 Å². The lowest BCUT2D eigenvalue weighted by molar-refractivity contribution is 0.660. The molecule has 8 rings (SSSR count). The molecule has 0 bridgehead atoms. The van der Waals surface area contributed by atoms with Crippen molar-refractivity contribution in [3.8, 4) is 67.0 Å². The lowest BCUT2D eigenvalue weighted by Crippen LogP contribution is -2.14. The molecule has 0 saturated carbocycles. The second-order valence-electron chi connectivity index (χ2n) is 12.4. The molecule has 1 heterocycles. The smallest absolute Gasteiger partial charge is 0.0715 e. The molecule has 45 heavy (non-hydrogen) atoms. The molecular weight excluding hydrogens is 542 g/mol. The van der Waals surface area contributed by atoms with Crippen LogP contribution in [0.1, 0.15) is 25.0 Å². The number of hydrogen-bond donors (Lipinski definition) is 0. The molecular formula is C44H33N. The van der Waals surface area contributed by atoms with Crippen molar-refractivity contribution in [3.05, 3.63) is 175 Å². The van der Waals surface area contributed by atoms with Gasteiger partial charge in [0.15, 0.2) is 0 Å². The third-order valence-electron chi connectivity index (χ3n) is 9.30. The molecule has 7 aromatic rings. The lowest BCUT2D eigenvalue weighted by Gasteiger charge is -2.21. The Balaban J connectivity index is 1.14. The molecule has 1 aliphatic rings. The van der Waals surface area contributed by atoms with Gasteiger partial charge in [-0.05, 0) is 79.9 Å². The van der Waals surface area contributed by atoms with Gasteiger partial charge in [-0.1, -0.05) is 153 Å². The van der Waals surface area contributed by atoms with Gasteiger partial charge < -0.3 is 0 Å². The predicted molar refractivity (Wildman–Crippen MR) is 189 cm³/mol. The van der Waals surface area contributed by atoms with E-state index >= 15 is 0 Å². The number of fused-ring (bicyclic) bond motifs is 3. The van der Waals surface area contributed by atoms with Crippen molar-refractivity contribution in [2.24, 2.45) is 0 Å². The van der Waals surface area contributed by atoms with Crippen LogP contribution in [-0.2, 0) is 5.41 Å². The first-order valence-corrected chi connectivity index (χ1v) is 15.6. The highest BCUT2D eigenvalue weighted by Crippen LogP contribution is 2.49. The van der Waals surface area contributed by atoms with Gasteiger partial charge in [-0.3, -0.25) is 0 Å². The molecule has 0 amide bonds. The molecule has 1 aromatic heterocycles. The van der Waals surface area contributed by atoms with Crippen LogP contribution >= 0.6 is 0 Å². The second kappa shape index (κ2) is 10.9. The standard InChI is InChI=1S/C44H33N/c1-44(2)40-19-10-9-18-38(40)39-27-36(24-25-41(39)44)35-17-11-16-34(26-35)30-20-22-31(23-21-30)37-28-42(32-12-5-3-6-13-32)45-43(29-37)33-14-7-4-8-15-33/h3-29H,1-2H3. The Labute approximate surface area is 265 Å². The number of pyridine rings is 1. The summed E-state index contributed by atoms with van der Waals surface area (Å²) in [5.41, 5.74) is 16.9. The summed E-state index contributed by atoms with van der Waals surface area (Å²) in [7, 11) is 0. The molecule has 0 saturated heterocycles.